The second kappa shape index (κ2) is 11.2. The summed E-state index contributed by atoms with van der Waals surface area (Å²) in [5, 5.41) is 0. The first-order valence-corrected chi connectivity index (χ1v) is 11.3. The van der Waals surface area contributed by atoms with Crippen LogP contribution < -0.4 is 0 Å². The van der Waals surface area contributed by atoms with E-state index in [0.29, 0.717) is 11.3 Å². The number of likely N-dealkylation sites (N-methyl/N-ethyl adjacent to an activating group) is 1. The van der Waals surface area contributed by atoms with Crippen molar-refractivity contribution in [3.8, 4) is 0 Å². The van der Waals surface area contributed by atoms with Gasteiger partial charge in [-0.05, 0) is 69.3 Å². The molecule has 0 atom stereocenters. The van der Waals surface area contributed by atoms with Crippen LogP contribution >= 0.6 is 0 Å². The van der Waals surface area contributed by atoms with Crippen LogP contribution in [0.5, 0.6) is 0 Å². The van der Waals surface area contributed by atoms with Gasteiger partial charge in [0.15, 0.2) is 5.78 Å². The SMILES string of the molecule is CN1CCN(Cc2cccc(C(=O)/C=C/c3ccc(/C=C/C(=O)OC(C)(C)C)nc3)c2)CC1. The van der Waals surface area contributed by atoms with Gasteiger partial charge in [0.25, 0.3) is 0 Å². The molecule has 6 heteroatoms. The van der Waals surface area contributed by atoms with Crippen LogP contribution in [0.2, 0.25) is 0 Å². The predicted molar refractivity (Wildman–Crippen MR) is 132 cm³/mol. The molecule has 2 aromatic rings. The molecular formula is C27H33N3O3. The topological polar surface area (TPSA) is 62.7 Å². The van der Waals surface area contributed by atoms with Crippen LogP contribution in [0.15, 0.2) is 54.7 Å². The van der Waals surface area contributed by atoms with E-state index in [4.69, 9.17) is 4.74 Å². The Hall–Kier alpha value is -3.09. The molecule has 0 bridgehead atoms. The van der Waals surface area contributed by atoms with Gasteiger partial charge in [0.1, 0.15) is 5.60 Å². The molecule has 1 aliphatic rings. The molecule has 6 nitrogen and oxygen atoms in total. The Morgan fingerprint density at radius 1 is 1.03 bits per heavy atom. The summed E-state index contributed by atoms with van der Waals surface area (Å²) in [6.07, 6.45) is 7.97. The van der Waals surface area contributed by atoms with E-state index in [9.17, 15) is 9.59 Å². The fraction of sp³-hybridized carbons (Fsp3) is 0.370. The number of ketones is 1. The molecular weight excluding hydrogens is 414 g/mol. The quantitative estimate of drug-likeness (QED) is 0.362. The van der Waals surface area contributed by atoms with Crippen LogP contribution in [0.4, 0.5) is 0 Å². The van der Waals surface area contributed by atoms with Gasteiger partial charge in [-0.25, -0.2) is 4.79 Å². The zero-order chi connectivity index (χ0) is 23.8. The number of nitrogens with zero attached hydrogens (tertiary/aromatic N) is 3. The van der Waals surface area contributed by atoms with Crippen molar-refractivity contribution in [1.82, 2.24) is 14.8 Å². The predicted octanol–water partition coefficient (Wildman–Crippen LogP) is 4.08. The monoisotopic (exact) mass is 447 g/mol. The zero-order valence-electron chi connectivity index (χ0n) is 20.0. The average molecular weight is 448 g/mol. The number of hydrogen-bond acceptors (Lipinski definition) is 6. The Balaban J connectivity index is 1.56. The number of esters is 1. The molecule has 0 spiro atoms. The van der Waals surface area contributed by atoms with Crippen molar-refractivity contribution in [1.29, 1.82) is 0 Å². The minimum atomic E-state index is -0.528. The van der Waals surface area contributed by atoms with Gasteiger partial charge in [-0.15, -0.1) is 0 Å². The van der Waals surface area contributed by atoms with Gasteiger partial charge >= 0.3 is 5.97 Å². The third-order valence-corrected chi connectivity index (χ3v) is 5.25. The van der Waals surface area contributed by atoms with Gasteiger partial charge < -0.3 is 9.64 Å². The second-order valence-electron chi connectivity index (χ2n) is 9.36. The maximum absolute atomic E-state index is 12.7. The van der Waals surface area contributed by atoms with E-state index in [0.717, 1.165) is 43.9 Å². The van der Waals surface area contributed by atoms with Gasteiger partial charge in [-0.2, -0.15) is 0 Å². The first-order chi connectivity index (χ1) is 15.7. The molecule has 1 fully saturated rings. The number of allylic oxidation sites excluding steroid dienone is 1. The number of piperazine rings is 1. The summed E-state index contributed by atoms with van der Waals surface area (Å²) in [6, 6.07) is 11.5. The Morgan fingerprint density at radius 3 is 2.45 bits per heavy atom. The number of hydrogen-bond donors (Lipinski definition) is 0. The minimum absolute atomic E-state index is 0.0378. The van der Waals surface area contributed by atoms with E-state index in [2.05, 4.69) is 27.9 Å². The summed E-state index contributed by atoms with van der Waals surface area (Å²) < 4.78 is 5.24. The summed E-state index contributed by atoms with van der Waals surface area (Å²) in [4.78, 5) is 33.5. The molecule has 174 valence electrons. The highest BCUT2D eigenvalue weighted by Crippen LogP contribution is 2.13. The Morgan fingerprint density at radius 2 is 1.79 bits per heavy atom. The Labute approximate surface area is 196 Å². The number of pyridine rings is 1. The average Bonchev–Trinajstić information content (AvgIpc) is 2.77. The number of aromatic nitrogens is 1. The number of ether oxygens (including phenoxy) is 1. The molecule has 1 aliphatic heterocycles. The van der Waals surface area contributed by atoms with Crippen LogP contribution in [0.1, 0.15) is 48.0 Å². The number of carbonyl (C=O) groups is 2. The molecule has 0 saturated carbocycles. The van der Waals surface area contributed by atoms with Gasteiger partial charge in [0.2, 0.25) is 0 Å². The van der Waals surface area contributed by atoms with Crippen molar-refractivity contribution in [3.63, 3.8) is 0 Å². The largest absolute Gasteiger partial charge is 0.457 e. The first kappa shape index (κ1) is 24.6. The van der Waals surface area contributed by atoms with E-state index >= 15 is 0 Å². The van der Waals surface area contributed by atoms with E-state index in [1.807, 2.05) is 45.0 Å². The lowest BCUT2D eigenvalue weighted by Gasteiger charge is -2.32. The highest BCUT2D eigenvalue weighted by atomic mass is 16.6. The standard InChI is InChI=1S/C27H33N3O3/c1-27(2,3)33-26(32)13-11-24-10-8-21(19-28-24)9-12-25(31)23-7-5-6-22(18-23)20-30-16-14-29(4)15-17-30/h5-13,18-19H,14-17,20H2,1-4H3/b12-9+,13-11+. The molecule has 1 saturated heterocycles. The lowest BCUT2D eigenvalue weighted by Crippen LogP contribution is -2.43. The van der Waals surface area contributed by atoms with E-state index in [1.54, 1.807) is 30.5 Å². The lowest BCUT2D eigenvalue weighted by atomic mass is 10.1. The number of carbonyl (C=O) groups excluding carboxylic acids is 2. The molecule has 0 unspecified atom stereocenters. The van der Waals surface area contributed by atoms with Gasteiger partial charge in [0, 0.05) is 50.6 Å². The van der Waals surface area contributed by atoms with Crippen molar-refractivity contribution in [2.24, 2.45) is 0 Å². The van der Waals surface area contributed by atoms with Crippen molar-refractivity contribution < 1.29 is 14.3 Å². The molecule has 0 aliphatic carbocycles. The van der Waals surface area contributed by atoms with Crippen molar-refractivity contribution in [2.45, 2.75) is 32.9 Å². The lowest BCUT2D eigenvalue weighted by molar-refractivity contribution is -0.148. The highest BCUT2D eigenvalue weighted by molar-refractivity contribution is 6.06. The number of benzene rings is 1. The molecule has 1 aromatic heterocycles. The van der Waals surface area contributed by atoms with Crippen LogP contribution in [-0.2, 0) is 16.1 Å². The van der Waals surface area contributed by atoms with Crippen LogP contribution in [0.25, 0.3) is 12.2 Å². The first-order valence-electron chi connectivity index (χ1n) is 11.3. The number of rotatable bonds is 7. The molecule has 3 rings (SSSR count). The zero-order valence-corrected chi connectivity index (χ0v) is 20.0. The highest BCUT2D eigenvalue weighted by Gasteiger charge is 2.15. The Kier molecular flexibility index (Phi) is 8.31. The minimum Gasteiger partial charge on any atom is -0.457 e. The molecule has 0 N–H and O–H groups in total. The summed E-state index contributed by atoms with van der Waals surface area (Å²) in [6.45, 7) is 10.6. The summed E-state index contributed by atoms with van der Waals surface area (Å²) >= 11 is 0. The van der Waals surface area contributed by atoms with Crippen molar-refractivity contribution in [3.05, 3.63) is 77.1 Å². The summed E-state index contributed by atoms with van der Waals surface area (Å²) in [5.41, 5.74) is 2.76. The fourth-order valence-corrected chi connectivity index (χ4v) is 3.46. The maximum Gasteiger partial charge on any atom is 0.331 e. The maximum atomic E-state index is 12.7. The Bertz CT molecular complexity index is 1010. The smallest absolute Gasteiger partial charge is 0.331 e. The molecule has 0 radical (unpaired) electrons. The fourth-order valence-electron chi connectivity index (χ4n) is 3.46. The molecule has 2 heterocycles. The molecule has 33 heavy (non-hydrogen) atoms. The van der Waals surface area contributed by atoms with Gasteiger partial charge in [-0.3, -0.25) is 14.7 Å². The van der Waals surface area contributed by atoms with Gasteiger partial charge in [0.05, 0.1) is 5.69 Å². The second-order valence-corrected chi connectivity index (χ2v) is 9.36. The normalized spacial score (nSPS) is 15.9. The summed E-state index contributed by atoms with van der Waals surface area (Å²) in [5.74, 6) is -0.446. The third kappa shape index (κ3) is 8.40. The van der Waals surface area contributed by atoms with Crippen molar-refractivity contribution >= 4 is 23.9 Å². The van der Waals surface area contributed by atoms with Crippen LogP contribution in [0.3, 0.4) is 0 Å². The molecule has 0 amide bonds. The van der Waals surface area contributed by atoms with E-state index in [-0.39, 0.29) is 5.78 Å². The van der Waals surface area contributed by atoms with Gasteiger partial charge in [-0.1, -0.05) is 24.3 Å². The van der Waals surface area contributed by atoms with Crippen molar-refractivity contribution in [2.75, 3.05) is 33.2 Å². The van der Waals surface area contributed by atoms with E-state index in [1.165, 1.54) is 6.08 Å². The van der Waals surface area contributed by atoms with Crippen LogP contribution in [0, 0.1) is 0 Å². The van der Waals surface area contributed by atoms with Crippen LogP contribution in [-0.4, -0.2) is 65.4 Å². The van der Waals surface area contributed by atoms with E-state index < -0.39 is 11.6 Å². The summed E-state index contributed by atoms with van der Waals surface area (Å²) in [7, 11) is 2.15. The molecule has 1 aromatic carbocycles. The third-order valence-electron chi connectivity index (χ3n) is 5.25.